The smallest absolute Gasteiger partial charge is 0.312 e. The van der Waals surface area contributed by atoms with E-state index in [1.54, 1.807) is 11.3 Å². The normalized spacial score (nSPS) is 13.6. The van der Waals surface area contributed by atoms with E-state index in [1.807, 2.05) is 0 Å². The largest absolute Gasteiger partial charge is 0.352 e. The number of thiophene rings is 1. The van der Waals surface area contributed by atoms with Crippen LogP contribution in [0.25, 0.3) is 10.2 Å². The molecular weight excluding hydrogens is 296 g/mol. The highest BCUT2D eigenvalue weighted by Gasteiger charge is 2.21. The average molecular weight is 310 g/mol. The maximum absolute atomic E-state index is 12.6. The highest BCUT2D eigenvalue weighted by atomic mass is 32.1. The molecule has 0 fully saturated rings. The molecule has 3 rings (SSSR count). The van der Waals surface area contributed by atoms with Crippen molar-refractivity contribution in [2.45, 2.75) is 25.8 Å². The number of aromatic nitrogens is 2. The number of amides is 2. The Kier molecular flexibility index (Phi) is 3.35. The first-order valence-corrected chi connectivity index (χ1v) is 7.61. The first kappa shape index (κ1) is 13.3. The number of nitrogens with two attached hydrogens (primary N) is 1. The van der Waals surface area contributed by atoms with Crippen molar-refractivity contribution in [3.8, 4) is 0 Å². The summed E-state index contributed by atoms with van der Waals surface area (Å²) in [5.74, 6) is 0. The van der Waals surface area contributed by atoms with Gasteiger partial charge in [0.05, 0.1) is 5.39 Å². The number of carbonyl (C=O) groups excluding carboxylic acids is 1. The highest BCUT2D eigenvalue weighted by molar-refractivity contribution is 7.71. The second kappa shape index (κ2) is 5.02. The molecule has 106 valence electrons. The van der Waals surface area contributed by atoms with Gasteiger partial charge in [-0.25, -0.2) is 4.79 Å². The zero-order chi connectivity index (χ0) is 14.3. The van der Waals surface area contributed by atoms with E-state index >= 15 is 0 Å². The summed E-state index contributed by atoms with van der Waals surface area (Å²) in [5.41, 5.74) is 6.10. The number of hydrogen-bond acceptors (Lipinski definition) is 4. The second-order valence-electron chi connectivity index (χ2n) is 4.74. The summed E-state index contributed by atoms with van der Waals surface area (Å²) in [4.78, 5) is 28.5. The van der Waals surface area contributed by atoms with E-state index in [9.17, 15) is 9.59 Å². The average Bonchev–Trinajstić information content (AvgIpc) is 2.92. The van der Waals surface area contributed by atoms with Gasteiger partial charge >= 0.3 is 6.03 Å². The molecule has 0 aliphatic heterocycles. The summed E-state index contributed by atoms with van der Waals surface area (Å²) in [6, 6.07) is -0.606. The summed E-state index contributed by atoms with van der Waals surface area (Å²) in [6.07, 6.45) is 3.10. The monoisotopic (exact) mass is 310 g/mol. The van der Waals surface area contributed by atoms with Gasteiger partial charge in [-0.15, -0.1) is 11.3 Å². The SMILES string of the molecule is NC(=O)NCCn1c(=S)[nH]c2sc3c(c2c1=O)CCC3. The van der Waals surface area contributed by atoms with Gasteiger partial charge in [-0.05, 0) is 37.0 Å². The fraction of sp³-hybridized carbons (Fsp3) is 0.417. The molecule has 0 saturated heterocycles. The standard InChI is InChI=1S/C12H14N4O2S2/c13-11(18)14-4-5-16-10(17)8-6-2-1-3-7(6)20-9(8)15-12(16)19/h1-5H2,(H,15,19)(H3,13,14,18). The van der Waals surface area contributed by atoms with Crippen LogP contribution in [0.2, 0.25) is 0 Å². The maximum Gasteiger partial charge on any atom is 0.312 e. The highest BCUT2D eigenvalue weighted by Crippen LogP contribution is 2.34. The molecule has 0 radical (unpaired) electrons. The molecule has 1 aliphatic rings. The number of carbonyl (C=O) groups is 1. The summed E-state index contributed by atoms with van der Waals surface area (Å²) >= 11 is 6.85. The number of rotatable bonds is 3. The molecular formula is C12H14N4O2S2. The summed E-state index contributed by atoms with van der Waals surface area (Å²) < 4.78 is 1.87. The minimum atomic E-state index is -0.606. The molecule has 8 heteroatoms. The number of primary amides is 1. The molecule has 6 nitrogen and oxygen atoms in total. The summed E-state index contributed by atoms with van der Waals surface area (Å²) in [6.45, 7) is 0.599. The Morgan fingerprint density at radius 3 is 3.05 bits per heavy atom. The van der Waals surface area contributed by atoms with E-state index in [-0.39, 0.29) is 12.1 Å². The van der Waals surface area contributed by atoms with Gasteiger partial charge in [0.1, 0.15) is 4.83 Å². The third-order valence-electron chi connectivity index (χ3n) is 3.48. The van der Waals surface area contributed by atoms with Crippen molar-refractivity contribution in [3.05, 3.63) is 25.6 Å². The van der Waals surface area contributed by atoms with Crippen LogP contribution < -0.4 is 16.6 Å². The first-order chi connectivity index (χ1) is 9.58. The minimum absolute atomic E-state index is 0.0746. The lowest BCUT2D eigenvalue weighted by atomic mass is 10.2. The lowest BCUT2D eigenvalue weighted by Crippen LogP contribution is -2.34. The molecule has 1 aliphatic carbocycles. The van der Waals surface area contributed by atoms with Crippen LogP contribution in [0.3, 0.4) is 0 Å². The first-order valence-electron chi connectivity index (χ1n) is 6.38. The van der Waals surface area contributed by atoms with Crippen molar-refractivity contribution in [1.29, 1.82) is 0 Å². The lowest BCUT2D eigenvalue weighted by molar-refractivity contribution is 0.248. The Balaban J connectivity index is 2.06. The van der Waals surface area contributed by atoms with Crippen molar-refractivity contribution in [3.63, 3.8) is 0 Å². The number of aryl methyl sites for hydroxylation is 2. The Morgan fingerprint density at radius 2 is 2.30 bits per heavy atom. The zero-order valence-corrected chi connectivity index (χ0v) is 12.3. The quantitative estimate of drug-likeness (QED) is 0.746. The van der Waals surface area contributed by atoms with Crippen molar-refractivity contribution in [2.75, 3.05) is 6.54 Å². The fourth-order valence-electron chi connectivity index (χ4n) is 2.60. The molecule has 0 unspecified atom stereocenters. The van der Waals surface area contributed by atoms with Crippen LogP contribution in [0.1, 0.15) is 16.9 Å². The van der Waals surface area contributed by atoms with Crippen LogP contribution in [0.4, 0.5) is 4.79 Å². The van der Waals surface area contributed by atoms with E-state index in [2.05, 4.69) is 10.3 Å². The zero-order valence-electron chi connectivity index (χ0n) is 10.7. The van der Waals surface area contributed by atoms with Gasteiger partial charge in [-0.1, -0.05) is 0 Å². The number of nitrogens with zero attached hydrogens (tertiary/aromatic N) is 1. The van der Waals surface area contributed by atoms with Gasteiger partial charge in [0.25, 0.3) is 5.56 Å². The van der Waals surface area contributed by atoms with Crippen LogP contribution in [-0.2, 0) is 19.4 Å². The number of fused-ring (bicyclic) bond motifs is 3. The molecule has 4 N–H and O–H groups in total. The third-order valence-corrected chi connectivity index (χ3v) is 5.01. The van der Waals surface area contributed by atoms with Gasteiger partial charge in [0.2, 0.25) is 0 Å². The topological polar surface area (TPSA) is 92.9 Å². The van der Waals surface area contributed by atoms with E-state index in [0.29, 0.717) is 11.3 Å². The fourth-order valence-corrected chi connectivity index (χ4v) is 4.23. The van der Waals surface area contributed by atoms with Crippen LogP contribution in [0.5, 0.6) is 0 Å². The molecule has 0 saturated carbocycles. The van der Waals surface area contributed by atoms with E-state index in [0.717, 1.165) is 35.0 Å². The summed E-state index contributed by atoms with van der Waals surface area (Å²) in [5, 5.41) is 3.22. The number of nitrogens with one attached hydrogen (secondary N) is 2. The summed E-state index contributed by atoms with van der Waals surface area (Å²) in [7, 11) is 0. The molecule has 2 aromatic heterocycles. The number of aromatic amines is 1. The van der Waals surface area contributed by atoms with Gasteiger partial charge < -0.3 is 16.0 Å². The van der Waals surface area contributed by atoms with Crippen molar-refractivity contribution in [2.24, 2.45) is 5.73 Å². The predicted molar refractivity (Wildman–Crippen MR) is 80.9 cm³/mol. The second-order valence-corrected chi connectivity index (χ2v) is 6.23. The number of urea groups is 1. The lowest BCUT2D eigenvalue weighted by Gasteiger charge is -2.07. The van der Waals surface area contributed by atoms with Crippen LogP contribution in [0, 0.1) is 4.77 Å². The van der Waals surface area contributed by atoms with Gasteiger partial charge in [0, 0.05) is 18.0 Å². The Hall–Kier alpha value is -1.67. The van der Waals surface area contributed by atoms with Crippen LogP contribution >= 0.6 is 23.6 Å². The molecule has 0 bridgehead atoms. The van der Waals surface area contributed by atoms with Gasteiger partial charge in [0.15, 0.2) is 4.77 Å². The third kappa shape index (κ3) is 2.14. The Bertz CT molecular complexity index is 802. The maximum atomic E-state index is 12.6. The van der Waals surface area contributed by atoms with Crippen LogP contribution in [0.15, 0.2) is 4.79 Å². The molecule has 0 atom stereocenters. The molecule has 20 heavy (non-hydrogen) atoms. The van der Waals surface area contributed by atoms with Crippen molar-refractivity contribution >= 4 is 39.8 Å². The molecule has 2 heterocycles. The van der Waals surface area contributed by atoms with E-state index in [4.69, 9.17) is 18.0 Å². The van der Waals surface area contributed by atoms with E-state index < -0.39 is 6.03 Å². The van der Waals surface area contributed by atoms with E-state index in [1.165, 1.54) is 9.44 Å². The Morgan fingerprint density at radius 1 is 1.50 bits per heavy atom. The van der Waals surface area contributed by atoms with Gasteiger partial charge in [-0.3, -0.25) is 9.36 Å². The molecule has 0 aromatic carbocycles. The Labute approximate surface area is 123 Å². The molecule has 2 aromatic rings. The van der Waals surface area contributed by atoms with Crippen molar-refractivity contribution in [1.82, 2.24) is 14.9 Å². The molecule has 0 spiro atoms. The van der Waals surface area contributed by atoms with Gasteiger partial charge in [-0.2, -0.15) is 0 Å². The van der Waals surface area contributed by atoms with Crippen LogP contribution in [-0.4, -0.2) is 22.1 Å². The predicted octanol–water partition coefficient (Wildman–Crippen LogP) is 1.28. The number of H-pyrrole nitrogens is 1. The minimum Gasteiger partial charge on any atom is -0.352 e. The van der Waals surface area contributed by atoms with Crippen molar-refractivity contribution < 1.29 is 4.79 Å². The number of hydrogen-bond donors (Lipinski definition) is 3. The molecule has 2 amide bonds.